The van der Waals surface area contributed by atoms with Gasteiger partial charge in [-0.2, -0.15) is 5.10 Å². The number of halogens is 1. The molecule has 1 aliphatic heterocycles. The number of sulfone groups is 1. The zero-order valence-electron chi connectivity index (χ0n) is 14.1. The Labute approximate surface area is 152 Å². The Kier molecular flexibility index (Phi) is 4.88. The Morgan fingerprint density at radius 1 is 1.32 bits per heavy atom. The maximum absolute atomic E-state index is 12.5. The highest BCUT2D eigenvalue weighted by Gasteiger charge is 2.32. The lowest BCUT2D eigenvalue weighted by Crippen LogP contribution is -2.17. The summed E-state index contributed by atoms with van der Waals surface area (Å²) in [6.45, 7) is 4.00. The number of aromatic nitrogens is 2. The Hall–Kier alpha value is -1.86. The van der Waals surface area contributed by atoms with Gasteiger partial charge >= 0.3 is 0 Å². The van der Waals surface area contributed by atoms with Crippen LogP contribution in [0.2, 0.25) is 5.02 Å². The van der Waals surface area contributed by atoms with Gasteiger partial charge in [0.05, 0.1) is 17.5 Å². The van der Waals surface area contributed by atoms with E-state index < -0.39 is 9.84 Å². The molecule has 8 heteroatoms. The predicted molar refractivity (Wildman–Crippen MR) is 98.0 cm³/mol. The lowest BCUT2D eigenvalue weighted by atomic mass is 10.1. The van der Waals surface area contributed by atoms with Gasteiger partial charge in [0.2, 0.25) is 0 Å². The molecule has 0 bridgehead atoms. The van der Waals surface area contributed by atoms with E-state index in [4.69, 9.17) is 11.6 Å². The standard InChI is InChI=1S/C17H20ClN3O3S/c1-11(2)16-9-15(17(22)19-13-5-3-12(18)4-6-13)20-21(16)14-7-8-25(23,24)10-14/h3-6,9,11,14H,7-8,10H2,1-2H3,(H,19,22). The maximum atomic E-state index is 12.5. The third kappa shape index (κ3) is 4.04. The lowest BCUT2D eigenvalue weighted by Gasteiger charge is -2.15. The van der Waals surface area contributed by atoms with Crippen LogP contribution in [0.5, 0.6) is 0 Å². The Bertz CT molecular complexity index is 888. The largest absolute Gasteiger partial charge is 0.321 e. The van der Waals surface area contributed by atoms with Crippen molar-refractivity contribution in [3.63, 3.8) is 0 Å². The third-order valence-electron chi connectivity index (χ3n) is 4.25. The van der Waals surface area contributed by atoms with E-state index in [1.54, 1.807) is 35.0 Å². The summed E-state index contributed by atoms with van der Waals surface area (Å²) in [7, 11) is -3.02. The molecule has 1 N–H and O–H groups in total. The van der Waals surface area contributed by atoms with Gasteiger partial charge in [-0.05, 0) is 42.7 Å². The molecule has 1 aromatic heterocycles. The SMILES string of the molecule is CC(C)c1cc(C(=O)Nc2ccc(Cl)cc2)nn1C1CCS(=O)(=O)C1. The van der Waals surface area contributed by atoms with E-state index in [0.29, 0.717) is 17.1 Å². The molecule has 1 atom stereocenters. The summed E-state index contributed by atoms with van der Waals surface area (Å²) in [5, 5.41) is 7.78. The van der Waals surface area contributed by atoms with Gasteiger partial charge < -0.3 is 5.32 Å². The highest BCUT2D eigenvalue weighted by molar-refractivity contribution is 7.91. The van der Waals surface area contributed by atoms with Crippen molar-refractivity contribution in [1.82, 2.24) is 9.78 Å². The molecule has 1 aromatic carbocycles. The fourth-order valence-electron chi connectivity index (χ4n) is 2.94. The fraction of sp³-hybridized carbons (Fsp3) is 0.412. The molecule has 2 heterocycles. The van der Waals surface area contributed by atoms with E-state index in [1.807, 2.05) is 13.8 Å². The van der Waals surface area contributed by atoms with Gasteiger partial charge in [-0.15, -0.1) is 0 Å². The average Bonchev–Trinajstić information content (AvgIpc) is 3.13. The molecular formula is C17H20ClN3O3S. The maximum Gasteiger partial charge on any atom is 0.276 e. The van der Waals surface area contributed by atoms with Gasteiger partial charge in [-0.1, -0.05) is 25.4 Å². The molecule has 0 spiro atoms. The number of carbonyl (C=O) groups is 1. The molecule has 2 aromatic rings. The topological polar surface area (TPSA) is 81.1 Å². The number of amides is 1. The van der Waals surface area contributed by atoms with E-state index in [2.05, 4.69) is 10.4 Å². The summed E-state index contributed by atoms with van der Waals surface area (Å²) in [6.07, 6.45) is 0.530. The quantitative estimate of drug-likeness (QED) is 0.881. The summed E-state index contributed by atoms with van der Waals surface area (Å²) in [4.78, 5) is 12.5. The molecule has 3 rings (SSSR count). The van der Waals surface area contributed by atoms with E-state index in [-0.39, 0.29) is 35.1 Å². The second-order valence-corrected chi connectivity index (χ2v) is 9.24. The Balaban J connectivity index is 1.86. The summed E-state index contributed by atoms with van der Waals surface area (Å²) < 4.78 is 25.3. The highest BCUT2D eigenvalue weighted by atomic mass is 35.5. The second kappa shape index (κ2) is 6.80. The molecule has 25 heavy (non-hydrogen) atoms. The number of hydrogen-bond donors (Lipinski definition) is 1. The van der Waals surface area contributed by atoms with Crippen LogP contribution in [0, 0.1) is 0 Å². The number of nitrogens with one attached hydrogen (secondary N) is 1. The van der Waals surface area contributed by atoms with Crippen LogP contribution in [0.1, 0.15) is 48.4 Å². The van der Waals surface area contributed by atoms with Crippen LogP contribution < -0.4 is 5.32 Å². The lowest BCUT2D eigenvalue weighted by molar-refractivity contribution is 0.102. The first-order valence-electron chi connectivity index (χ1n) is 8.12. The van der Waals surface area contributed by atoms with Crippen molar-refractivity contribution in [2.24, 2.45) is 0 Å². The molecule has 1 saturated heterocycles. The first kappa shape index (κ1) is 17.9. The number of anilines is 1. The van der Waals surface area contributed by atoms with E-state index >= 15 is 0 Å². The van der Waals surface area contributed by atoms with Crippen molar-refractivity contribution in [2.45, 2.75) is 32.2 Å². The Morgan fingerprint density at radius 2 is 2.00 bits per heavy atom. The molecule has 1 unspecified atom stereocenters. The third-order valence-corrected chi connectivity index (χ3v) is 6.25. The van der Waals surface area contributed by atoms with Crippen LogP contribution in [-0.4, -0.2) is 35.6 Å². The number of nitrogens with zero attached hydrogens (tertiary/aromatic N) is 2. The number of benzene rings is 1. The molecule has 0 aliphatic carbocycles. The second-order valence-electron chi connectivity index (χ2n) is 6.57. The highest BCUT2D eigenvalue weighted by Crippen LogP contribution is 2.28. The van der Waals surface area contributed by atoms with Gasteiger partial charge in [-0.3, -0.25) is 9.48 Å². The van der Waals surface area contributed by atoms with Crippen LogP contribution in [0.15, 0.2) is 30.3 Å². The summed E-state index contributed by atoms with van der Waals surface area (Å²) in [5.41, 5.74) is 1.77. The van der Waals surface area contributed by atoms with E-state index in [9.17, 15) is 13.2 Å². The minimum absolute atomic E-state index is 0.0760. The zero-order valence-corrected chi connectivity index (χ0v) is 15.6. The molecule has 1 amide bonds. The molecular weight excluding hydrogens is 362 g/mol. The van der Waals surface area contributed by atoms with E-state index in [0.717, 1.165) is 5.69 Å². The van der Waals surface area contributed by atoms with Gasteiger partial charge in [0.1, 0.15) is 0 Å². The summed E-state index contributed by atoms with van der Waals surface area (Å²) >= 11 is 5.84. The van der Waals surface area contributed by atoms with Crippen molar-refractivity contribution in [3.05, 3.63) is 46.7 Å². The molecule has 1 fully saturated rings. The summed E-state index contributed by atoms with van der Waals surface area (Å²) in [6, 6.07) is 8.34. The predicted octanol–water partition coefficient (Wildman–Crippen LogP) is 3.27. The minimum Gasteiger partial charge on any atom is -0.321 e. The van der Waals surface area contributed by atoms with Gasteiger partial charge in [0.15, 0.2) is 15.5 Å². The van der Waals surface area contributed by atoms with Crippen LogP contribution in [0.4, 0.5) is 5.69 Å². The smallest absolute Gasteiger partial charge is 0.276 e. The Morgan fingerprint density at radius 3 is 2.56 bits per heavy atom. The zero-order chi connectivity index (χ0) is 18.2. The van der Waals surface area contributed by atoms with Crippen molar-refractivity contribution >= 4 is 33.0 Å². The van der Waals surface area contributed by atoms with Crippen LogP contribution in [0.25, 0.3) is 0 Å². The van der Waals surface area contributed by atoms with Gasteiger partial charge in [0, 0.05) is 16.4 Å². The van der Waals surface area contributed by atoms with Crippen molar-refractivity contribution < 1.29 is 13.2 Å². The molecule has 6 nitrogen and oxygen atoms in total. The first-order chi connectivity index (χ1) is 11.7. The van der Waals surface area contributed by atoms with Crippen LogP contribution in [0.3, 0.4) is 0 Å². The normalized spacial score (nSPS) is 19.3. The number of hydrogen-bond acceptors (Lipinski definition) is 4. The fourth-order valence-corrected chi connectivity index (χ4v) is 4.76. The number of carbonyl (C=O) groups excluding carboxylic acids is 1. The molecule has 0 saturated carbocycles. The van der Waals surface area contributed by atoms with Crippen molar-refractivity contribution in [3.8, 4) is 0 Å². The van der Waals surface area contributed by atoms with Crippen LogP contribution >= 0.6 is 11.6 Å². The molecule has 134 valence electrons. The van der Waals surface area contributed by atoms with Crippen molar-refractivity contribution in [2.75, 3.05) is 16.8 Å². The molecule has 0 radical (unpaired) electrons. The monoisotopic (exact) mass is 381 g/mol. The molecule has 1 aliphatic rings. The van der Waals surface area contributed by atoms with Gasteiger partial charge in [-0.25, -0.2) is 8.42 Å². The van der Waals surface area contributed by atoms with Crippen molar-refractivity contribution in [1.29, 1.82) is 0 Å². The van der Waals surface area contributed by atoms with E-state index in [1.165, 1.54) is 0 Å². The average molecular weight is 382 g/mol. The first-order valence-corrected chi connectivity index (χ1v) is 10.3. The minimum atomic E-state index is -3.02. The number of rotatable bonds is 4. The summed E-state index contributed by atoms with van der Waals surface area (Å²) in [5.74, 6) is 0.0466. The van der Waals surface area contributed by atoms with Gasteiger partial charge in [0.25, 0.3) is 5.91 Å². The van der Waals surface area contributed by atoms with Crippen LogP contribution in [-0.2, 0) is 9.84 Å².